The first kappa shape index (κ1) is 23.2. The van der Waals surface area contributed by atoms with E-state index >= 15 is 0 Å². The Balaban J connectivity index is 1.29. The molecule has 3 heterocycles. The number of aromatic nitrogens is 3. The molecule has 3 aromatic rings. The quantitative estimate of drug-likeness (QED) is 0.520. The van der Waals surface area contributed by atoms with Gasteiger partial charge in [-0.15, -0.1) is 5.10 Å². The van der Waals surface area contributed by atoms with Crippen molar-refractivity contribution in [2.75, 3.05) is 19.6 Å². The van der Waals surface area contributed by atoms with Gasteiger partial charge in [0.1, 0.15) is 17.6 Å². The van der Waals surface area contributed by atoms with Gasteiger partial charge in [-0.3, -0.25) is 9.59 Å². The van der Waals surface area contributed by atoms with Crippen LogP contribution in [0.15, 0.2) is 60.8 Å². The Morgan fingerprint density at radius 1 is 1.00 bits per heavy atom. The van der Waals surface area contributed by atoms with E-state index in [4.69, 9.17) is 0 Å². The van der Waals surface area contributed by atoms with Crippen LogP contribution in [-0.4, -0.2) is 62.3 Å². The largest absolute Gasteiger partial charge is 0.341 e. The van der Waals surface area contributed by atoms with Crippen molar-refractivity contribution >= 4 is 11.8 Å². The summed E-state index contributed by atoms with van der Waals surface area (Å²) in [6.07, 6.45) is 6.34. The molecule has 7 nitrogen and oxygen atoms in total. The van der Waals surface area contributed by atoms with Crippen LogP contribution in [0.3, 0.4) is 0 Å². The highest BCUT2D eigenvalue weighted by molar-refractivity contribution is 5.88. The number of hydrogen-bond donors (Lipinski definition) is 0. The van der Waals surface area contributed by atoms with Gasteiger partial charge in [0.25, 0.3) is 0 Å². The Bertz CT molecular complexity index is 1160. The number of carbonyl (C=O) groups excluding carboxylic acids is 2. The zero-order chi connectivity index (χ0) is 24.2. The van der Waals surface area contributed by atoms with E-state index in [9.17, 15) is 14.0 Å². The van der Waals surface area contributed by atoms with Gasteiger partial charge in [0.15, 0.2) is 0 Å². The number of hydrogen-bond acceptors (Lipinski definition) is 4. The molecule has 182 valence electrons. The fraction of sp³-hybridized carbons (Fsp3) is 0.407. The van der Waals surface area contributed by atoms with Gasteiger partial charge in [-0.05, 0) is 55.5 Å². The van der Waals surface area contributed by atoms with E-state index in [1.807, 2.05) is 29.3 Å². The van der Waals surface area contributed by atoms with Crippen molar-refractivity contribution in [1.29, 1.82) is 0 Å². The van der Waals surface area contributed by atoms with Crippen LogP contribution in [0.25, 0.3) is 11.3 Å². The summed E-state index contributed by atoms with van der Waals surface area (Å²) in [5.41, 5.74) is 2.62. The third-order valence-electron chi connectivity index (χ3n) is 7.03. The summed E-state index contributed by atoms with van der Waals surface area (Å²) in [6.45, 7) is 1.95. The maximum atomic E-state index is 13.3. The average molecular weight is 476 g/mol. The fourth-order valence-electron chi connectivity index (χ4n) is 5.10. The van der Waals surface area contributed by atoms with Crippen molar-refractivity contribution in [3.8, 4) is 11.3 Å². The molecule has 0 bridgehead atoms. The Morgan fingerprint density at radius 3 is 2.49 bits per heavy atom. The first-order chi connectivity index (χ1) is 17.1. The van der Waals surface area contributed by atoms with Crippen molar-refractivity contribution in [2.45, 2.75) is 50.6 Å². The molecular weight excluding hydrogens is 445 g/mol. The van der Waals surface area contributed by atoms with Crippen LogP contribution in [0.4, 0.5) is 4.39 Å². The molecule has 2 atom stereocenters. The number of nitrogens with zero attached hydrogens (tertiary/aromatic N) is 5. The second kappa shape index (κ2) is 10.4. The van der Waals surface area contributed by atoms with Gasteiger partial charge < -0.3 is 9.80 Å². The topological polar surface area (TPSA) is 71.3 Å². The number of likely N-dealkylation sites (tertiary alicyclic amines) is 2. The van der Waals surface area contributed by atoms with Crippen molar-refractivity contribution in [3.05, 3.63) is 72.2 Å². The smallest absolute Gasteiger partial charge is 0.245 e. The lowest BCUT2D eigenvalue weighted by Crippen LogP contribution is -2.46. The van der Waals surface area contributed by atoms with Crippen LogP contribution >= 0.6 is 0 Å². The number of benzene rings is 2. The Kier molecular flexibility index (Phi) is 6.88. The van der Waals surface area contributed by atoms with Crippen molar-refractivity contribution < 1.29 is 14.0 Å². The van der Waals surface area contributed by atoms with Crippen LogP contribution < -0.4 is 0 Å². The third kappa shape index (κ3) is 5.26. The van der Waals surface area contributed by atoms with Gasteiger partial charge in [0.05, 0.1) is 12.2 Å². The highest BCUT2D eigenvalue weighted by Crippen LogP contribution is 2.31. The van der Waals surface area contributed by atoms with Crippen LogP contribution in [0.2, 0.25) is 0 Å². The van der Waals surface area contributed by atoms with Crippen molar-refractivity contribution in [1.82, 2.24) is 24.8 Å². The second-order valence-corrected chi connectivity index (χ2v) is 9.41. The van der Waals surface area contributed by atoms with E-state index in [-0.39, 0.29) is 23.7 Å². The number of amides is 2. The average Bonchev–Trinajstić information content (AvgIpc) is 3.65. The van der Waals surface area contributed by atoms with Gasteiger partial charge in [-0.25, -0.2) is 9.07 Å². The SMILES string of the molecule is O=C([C@@H]1C[C@H](n2cc(-c3ccc(F)cc3)nn2)CN1C(=O)CCCc1ccccc1)N1CCCC1. The number of carbonyl (C=O) groups is 2. The first-order valence-corrected chi connectivity index (χ1v) is 12.4. The van der Waals surface area contributed by atoms with Crippen LogP contribution in [0.1, 0.15) is 43.7 Å². The van der Waals surface area contributed by atoms with Crippen LogP contribution in [0.5, 0.6) is 0 Å². The fourth-order valence-corrected chi connectivity index (χ4v) is 5.10. The second-order valence-electron chi connectivity index (χ2n) is 9.41. The first-order valence-electron chi connectivity index (χ1n) is 12.4. The van der Waals surface area contributed by atoms with Gasteiger partial charge in [0, 0.05) is 38.0 Å². The van der Waals surface area contributed by atoms with Gasteiger partial charge in [0.2, 0.25) is 11.8 Å². The number of rotatable bonds is 7. The van der Waals surface area contributed by atoms with Crippen LogP contribution in [-0.2, 0) is 16.0 Å². The molecule has 0 spiro atoms. The minimum atomic E-state index is -0.471. The molecule has 0 saturated carbocycles. The summed E-state index contributed by atoms with van der Waals surface area (Å²) in [6, 6.07) is 15.7. The van der Waals surface area contributed by atoms with E-state index < -0.39 is 6.04 Å². The van der Waals surface area contributed by atoms with Crippen molar-refractivity contribution in [2.24, 2.45) is 0 Å². The predicted molar refractivity (Wildman–Crippen MR) is 130 cm³/mol. The molecule has 2 amide bonds. The van der Waals surface area contributed by atoms with E-state index in [2.05, 4.69) is 22.4 Å². The molecule has 1 aromatic heterocycles. The van der Waals surface area contributed by atoms with E-state index in [0.29, 0.717) is 25.1 Å². The summed E-state index contributed by atoms with van der Waals surface area (Å²) in [7, 11) is 0. The molecule has 0 N–H and O–H groups in total. The lowest BCUT2D eigenvalue weighted by Gasteiger charge is -2.27. The Morgan fingerprint density at radius 2 is 1.74 bits per heavy atom. The summed E-state index contributed by atoms with van der Waals surface area (Å²) in [5, 5.41) is 8.55. The lowest BCUT2D eigenvalue weighted by molar-refractivity contribution is -0.143. The number of aryl methyl sites for hydroxylation is 1. The summed E-state index contributed by atoms with van der Waals surface area (Å²) >= 11 is 0. The monoisotopic (exact) mass is 475 g/mol. The molecule has 2 saturated heterocycles. The zero-order valence-electron chi connectivity index (χ0n) is 19.7. The molecule has 5 rings (SSSR count). The van der Waals surface area contributed by atoms with Gasteiger partial charge in [-0.1, -0.05) is 35.5 Å². The minimum Gasteiger partial charge on any atom is -0.341 e. The highest BCUT2D eigenvalue weighted by Gasteiger charge is 2.42. The Hall–Kier alpha value is -3.55. The number of halogens is 1. The maximum Gasteiger partial charge on any atom is 0.245 e. The zero-order valence-corrected chi connectivity index (χ0v) is 19.7. The van der Waals surface area contributed by atoms with Crippen LogP contribution in [0, 0.1) is 5.82 Å². The highest BCUT2D eigenvalue weighted by atomic mass is 19.1. The summed E-state index contributed by atoms with van der Waals surface area (Å²) < 4.78 is 15.0. The van der Waals surface area contributed by atoms with Crippen molar-refractivity contribution in [3.63, 3.8) is 0 Å². The standard InChI is InChI=1S/C27H30FN5O2/c28-22-13-11-21(12-14-22)24-19-33(30-29-24)23-17-25(27(35)31-15-4-5-16-31)32(18-23)26(34)10-6-9-20-7-2-1-3-8-20/h1-3,7-8,11-14,19,23,25H,4-6,9-10,15-18H2/t23-,25-/m0/s1. The summed E-state index contributed by atoms with van der Waals surface area (Å²) in [5.74, 6) is -0.248. The predicted octanol–water partition coefficient (Wildman–Crippen LogP) is 3.87. The molecule has 8 heteroatoms. The molecule has 0 aliphatic carbocycles. The van der Waals surface area contributed by atoms with Gasteiger partial charge in [-0.2, -0.15) is 0 Å². The normalized spacial score (nSPS) is 19.9. The molecule has 0 radical (unpaired) electrons. The van der Waals surface area contributed by atoms with E-state index in [1.165, 1.54) is 17.7 Å². The molecule has 2 aliphatic rings. The van der Waals surface area contributed by atoms with E-state index in [1.54, 1.807) is 21.7 Å². The summed E-state index contributed by atoms with van der Waals surface area (Å²) in [4.78, 5) is 30.3. The van der Waals surface area contributed by atoms with E-state index in [0.717, 1.165) is 44.3 Å². The molecule has 2 aliphatic heterocycles. The molecule has 35 heavy (non-hydrogen) atoms. The molecule has 0 unspecified atom stereocenters. The molecule has 2 aromatic carbocycles. The maximum absolute atomic E-state index is 13.3. The third-order valence-corrected chi connectivity index (χ3v) is 7.03. The minimum absolute atomic E-state index is 0.0138. The lowest BCUT2D eigenvalue weighted by atomic mass is 10.1. The van der Waals surface area contributed by atoms with Gasteiger partial charge >= 0.3 is 0 Å². The molecular formula is C27H30FN5O2. The Labute approximate surface area is 204 Å². The molecule has 2 fully saturated rings.